The molecular weight excluding hydrogens is 207 g/mol. The van der Waals surface area contributed by atoms with Crippen molar-refractivity contribution in [2.75, 3.05) is 0 Å². The molecular formula is C9H8F3N3. The molecule has 0 aliphatic rings. The monoisotopic (exact) mass is 215 g/mol. The molecule has 15 heavy (non-hydrogen) atoms. The van der Waals surface area contributed by atoms with Crippen LogP contribution in [0.1, 0.15) is 23.2 Å². The number of alkyl halides is 2. The minimum absolute atomic E-state index is 0.151. The van der Waals surface area contributed by atoms with E-state index in [4.69, 9.17) is 11.0 Å². The van der Waals surface area contributed by atoms with Crippen LogP contribution >= 0.6 is 0 Å². The molecule has 1 aromatic heterocycles. The van der Waals surface area contributed by atoms with Gasteiger partial charge in [-0.3, -0.25) is 4.98 Å². The van der Waals surface area contributed by atoms with Gasteiger partial charge in [-0.05, 0) is 0 Å². The van der Waals surface area contributed by atoms with Crippen molar-refractivity contribution in [2.24, 2.45) is 5.73 Å². The van der Waals surface area contributed by atoms with Gasteiger partial charge in [0, 0.05) is 23.9 Å². The van der Waals surface area contributed by atoms with Crippen molar-refractivity contribution in [2.45, 2.75) is 19.4 Å². The van der Waals surface area contributed by atoms with E-state index in [1.54, 1.807) is 6.07 Å². The van der Waals surface area contributed by atoms with Gasteiger partial charge < -0.3 is 5.73 Å². The largest absolute Gasteiger partial charge is 0.326 e. The van der Waals surface area contributed by atoms with Gasteiger partial charge in [0.25, 0.3) is 6.43 Å². The first kappa shape index (κ1) is 11.5. The number of rotatable bonds is 3. The predicted octanol–water partition coefficient (Wildman–Crippen LogP) is 1.68. The summed E-state index contributed by atoms with van der Waals surface area (Å²) in [6.45, 7) is -0.341. The molecule has 0 aliphatic carbocycles. The third kappa shape index (κ3) is 2.25. The third-order valence-electron chi connectivity index (χ3n) is 1.91. The lowest BCUT2D eigenvalue weighted by Crippen LogP contribution is -2.09. The highest BCUT2D eigenvalue weighted by Gasteiger charge is 2.19. The lowest BCUT2D eigenvalue weighted by molar-refractivity contribution is 0.149. The number of halogens is 3. The Morgan fingerprint density at radius 2 is 2.20 bits per heavy atom. The lowest BCUT2D eigenvalue weighted by Gasteiger charge is -2.09. The van der Waals surface area contributed by atoms with Crippen LogP contribution in [0.4, 0.5) is 13.2 Å². The van der Waals surface area contributed by atoms with E-state index in [2.05, 4.69) is 4.98 Å². The number of hydrogen-bond acceptors (Lipinski definition) is 3. The average Bonchev–Trinajstić information content (AvgIpc) is 2.20. The Balaban J connectivity index is 3.27. The van der Waals surface area contributed by atoms with Gasteiger partial charge in [0.05, 0.1) is 18.2 Å². The molecule has 0 bridgehead atoms. The van der Waals surface area contributed by atoms with Gasteiger partial charge in [-0.25, -0.2) is 13.2 Å². The Hall–Kier alpha value is -1.61. The van der Waals surface area contributed by atoms with Crippen LogP contribution in [0, 0.1) is 17.1 Å². The summed E-state index contributed by atoms with van der Waals surface area (Å²) in [6, 6.07) is 1.69. The fourth-order valence-corrected chi connectivity index (χ4v) is 1.18. The molecule has 0 saturated heterocycles. The van der Waals surface area contributed by atoms with E-state index in [0.29, 0.717) is 0 Å². The van der Waals surface area contributed by atoms with Crippen molar-refractivity contribution in [3.63, 3.8) is 0 Å². The molecule has 0 fully saturated rings. The summed E-state index contributed by atoms with van der Waals surface area (Å²) in [5, 5.41) is 8.35. The predicted molar refractivity (Wildman–Crippen MR) is 46.4 cm³/mol. The number of hydrogen-bond donors (Lipinski definition) is 1. The van der Waals surface area contributed by atoms with Crippen LogP contribution in [-0.2, 0) is 13.0 Å². The number of aromatic nitrogens is 1. The van der Waals surface area contributed by atoms with Crippen LogP contribution in [0.2, 0.25) is 0 Å². The summed E-state index contributed by atoms with van der Waals surface area (Å²) >= 11 is 0. The molecule has 2 N–H and O–H groups in total. The molecule has 1 rings (SSSR count). The van der Waals surface area contributed by atoms with Crippen molar-refractivity contribution in [3.8, 4) is 6.07 Å². The number of nitrogens with two attached hydrogens (primary N) is 1. The van der Waals surface area contributed by atoms with Gasteiger partial charge in [0.2, 0.25) is 0 Å². The van der Waals surface area contributed by atoms with E-state index in [1.165, 1.54) is 0 Å². The Kier molecular flexibility index (Phi) is 3.63. The zero-order valence-corrected chi connectivity index (χ0v) is 7.67. The van der Waals surface area contributed by atoms with E-state index in [0.717, 1.165) is 6.20 Å². The van der Waals surface area contributed by atoms with Crippen molar-refractivity contribution in [1.82, 2.24) is 4.98 Å². The zero-order valence-electron chi connectivity index (χ0n) is 7.67. The van der Waals surface area contributed by atoms with E-state index in [1.807, 2.05) is 0 Å². The van der Waals surface area contributed by atoms with Crippen molar-refractivity contribution in [1.29, 1.82) is 5.26 Å². The molecule has 0 amide bonds. The highest BCUT2D eigenvalue weighted by Crippen LogP contribution is 2.25. The molecule has 0 unspecified atom stereocenters. The van der Waals surface area contributed by atoms with Gasteiger partial charge in [0.15, 0.2) is 5.82 Å². The van der Waals surface area contributed by atoms with Crippen molar-refractivity contribution >= 4 is 0 Å². The van der Waals surface area contributed by atoms with Gasteiger partial charge >= 0.3 is 0 Å². The van der Waals surface area contributed by atoms with E-state index >= 15 is 0 Å². The Bertz CT molecular complexity index is 398. The minimum Gasteiger partial charge on any atom is -0.326 e. The highest BCUT2D eigenvalue weighted by atomic mass is 19.3. The SMILES string of the molecule is N#CCc1ncc(C(F)F)c(CN)c1F. The van der Waals surface area contributed by atoms with Crippen molar-refractivity contribution in [3.05, 3.63) is 28.8 Å². The van der Waals surface area contributed by atoms with Gasteiger partial charge in [0.1, 0.15) is 0 Å². The third-order valence-corrected chi connectivity index (χ3v) is 1.91. The molecule has 0 aromatic carbocycles. The standard InChI is InChI=1S/C9H8F3N3/c10-8-5(3-14)6(9(11)12)4-15-7(8)1-2-13/h4,9H,1,3,14H2. The zero-order chi connectivity index (χ0) is 11.4. The number of nitrogens with zero attached hydrogens (tertiary/aromatic N) is 2. The maximum absolute atomic E-state index is 13.5. The first-order valence-corrected chi connectivity index (χ1v) is 4.13. The summed E-state index contributed by atoms with van der Waals surface area (Å²) in [7, 11) is 0. The maximum Gasteiger partial charge on any atom is 0.265 e. The summed E-state index contributed by atoms with van der Waals surface area (Å²) < 4.78 is 38.2. The Morgan fingerprint density at radius 3 is 2.67 bits per heavy atom. The van der Waals surface area contributed by atoms with Crippen LogP contribution in [-0.4, -0.2) is 4.98 Å². The average molecular weight is 215 g/mol. The summed E-state index contributed by atoms with van der Waals surface area (Å²) in [5.41, 5.74) is 4.23. The van der Waals surface area contributed by atoms with Crippen LogP contribution in [0.15, 0.2) is 6.20 Å². The maximum atomic E-state index is 13.5. The topological polar surface area (TPSA) is 62.7 Å². The summed E-state index contributed by atoms with van der Waals surface area (Å²) in [4.78, 5) is 3.46. The molecule has 6 heteroatoms. The normalized spacial score (nSPS) is 10.4. The number of pyridine rings is 1. The minimum atomic E-state index is -2.82. The van der Waals surface area contributed by atoms with E-state index in [-0.39, 0.29) is 24.2 Å². The van der Waals surface area contributed by atoms with E-state index in [9.17, 15) is 13.2 Å². The number of nitriles is 1. The molecule has 1 heterocycles. The van der Waals surface area contributed by atoms with Gasteiger partial charge in [-0.15, -0.1) is 0 Å². The molecule has 1 aromatic rings. The Morgan fingerprint density at radius 1 is 1.53 bits per heavy atom. The fraction of sp³-hybridized carbons (Fsp3) is 0.333. The fourth-order valence-electron chi connectivity index (χ4n) is 1.18. The van der Waals surface area contributed by atoms with E-state index < -0.39 is 17.8 Å². The van der Waals surface area contributed by atoms with Crippen LogP contribution < -0.4 is 5.73 Å². The molecule has 80 valence electrons. The molecule has 0 radical (unpaired) electrons. The molecule has 0 saturated carbocycles. The van der Waals surface area contributed by atoms with Crippen LogP contribution in [0.5, 0.6) is 0 Å². The molecule has 3 nitrogen and oxygen atoms in total. The second-order valence-electron chi connectivity index (χ2n) is 2.79. The van der Waals surface area contributed by atoms with Crippen molar-refractivity contribution < 1.29 is 13.2 Å². The molecule has 0 atom stereocenters. The first-order chi connectivity index (χ1) is 7.11. The quantitative estimate of drug-likeness (QED) is 0.834. The second-order valence-corrected chi connectivity index (χ2v) is 2.79. The molecule has 0 aliphatic heterocycles. The highest BCUT2D eigenvalue weighted by molar-refractivity contribution is 5.30. The van der Waals surface area contributed by atoms with Gasteiger partial charge in [-0.2, -0.15) is 5.26 Å². The summed E-state index contributed by atoms with van der Waals surface area (Å²) in [6.07, 6.45) is -2.22. The van der Waals surface area contributed by atoms with Gasteiger partial charge in [-0.1, -0.05) is 0 Å². The Labute approximate surface area is 84.3 Å². The van der Waals surface area contributed by atoms with Crippen LogP contribution in [0.3, 0.4) is 0 Å². The smallest absolute Gasteiger partial charge is 0.265 e. The summed E-state index contributed by atoms with van der Waals surface area (Å²) in [5.74, 6) is -0.906. The lowest BCUT2D eigenvalue weighted by atomic mass is 10.1. The first-order valence-electron chi connectivity index (χ1n) is 4.13. The van der Waals surface area contributed by atoms with Crippen LogP contribution in [0.25, 0.3) is 0 Å². The molecule has 0 spiro atoms. The second kappa shape index (κ2) is 4.75.